The molecule has 0 saturated carbocycles. The second kappa shape index (κ2) is 9.44. The summed E-state index contributed by atoms with van der Waals surface area (Å²) in [4.78, 5) is 0. The van der Waals surface area contributed by atoms with Gasteiger partial charge in [-0.1, -0.05) is 42.6 Å². The molecule has 0 N–H and O–H groups in total. The summed E-state index contributed by atoms with van der Waals surface area (Å²) in [7, 11) is 0. The van der Waals surface area contributed by atoms with Crippen LogP contribution >= 0.6 is 34.8 Å². The van der Waals surface area contributed by atoms with Crippen LogP contribution < -0.4 is 0 Å². The number of hydrogen-bond donors (Lipinski definition) is 0. The Morgan fingerprint density at radius 1 is 1.17 bits per heavy atom. The van der Waals surface area contributed by atoms with E-state index in [0.717, 1.165) is 5.57 Å². The molecule has 0 radical (unpaired) electrons. The van der Waals surface area contributed by atoms with E-state index in [2.05, 4.69) is 0 Å². The minimum absolute atomic E-state index is 0.311. The average Bonchev–Trinajstić information content (AvgIpc) is 2.07. The van der Waals surface area contributed by atoms with Crippen molar-refractivity contribution in [2.45, 2.75) is 27.7 Å². The molecule has 0 nitrogen and oxygen atoms in total. The van der Waals surface area contributed by atoms with Crippen LogP contribution in [0.3, 0.4) is 0 Å². The Morgan fingerprint density at radius 3 is 1.83 bits per heavy atom. The van der Waals surface area contributed by atoms with E-state index in [4.69, 9.17) is 34.8 Å². The quantitative estimate of drug-likeness (QED) is 0.466. The van der Waals surface area contributed by atoms with Crippen LogP contribution in [0.15, 0.2) is 21.7 Å². The second-order valence-corrected chi connectivity index (χ2v) is 3.23. The summed E-state index contributed by atoms with van der Waals surface area (Å²) >= 11 is 16.8. The molecular formula is C9H15Cl3. The molecule has 0 atom stereocenters. The molecule has 0 aliphatic heterocycles. The molecule has 0 bridgehead atoms. The fourth-order valence-electron chi connectivity index (χ4n) is 0.320. The fourth-order valence-corrected chi connectivity index (χ4v) is 0.694. The molecule has 0 amide bonds. The second-order valence-electron chi connectivity index (χ2n) is 2.07. The number of hydrogen-bond acceptors (Lipinski definition) is 0. The minimum atomic E-state index is 0.311. The Balaban J connectivity index is 0. The van der Waals surface area contributed by atoms with E-state index in [-0.39, 0.29) is 0 Å². The van der Waals surface area contributed by atoms with Crippen LogP contribution in [0.1, 0.15) is 27.7 Å². The highest BCUT2D eigenvalue weighted by Crippen LogP contribution is 2.15. The van der Waals surface area contributed by atoms with Gasteiger partial charge < -0.3 is 0 Å². The van der Waals surface area contributed by atoms with Crippen LogP contribution in [0.4, 0.5) is 0 Å². The molecule has 0 saturated heterocycles. The van der Waals surface area contributed by atoms with Gasteiger partial charge in [0.25, 0.3) is 0 Å². The Hall–Kier alpha value is 0.350. The topological polar surface area (TPSA) is 0 Å². The van der Waals surface area contributed by atoms with Crippen LogP contribution in [-0.4, -0.2) is 5.88 Å². The van der Waals surface area contributed by atoms with E-state index >= 15 is 0 Å². The zero-order valence-electron chi connectivity index (χ0n) is 7.92. The van der Waals surface area contributed by atoms with E-state index < -0.39 is 0 Å². The Kier molecular flexibility index (Phi) is 11.7. The standard InChI is InChI=1S/C7H9Cl3.C2H6/c1-5(2)7(10)3-6(9)4-8;1-2/h3H,4H2,1-2H3;1-2H3/b6-3+;. The summed E-state index contributed by atoms with van der Waals surface area (Å²) in [5.41, 5.74) is 1.03. The van der Waals surface area contributed by atoms with Gasteiger partial charge in [0.15, 0.2) is 0 Å². The fraction of sp³-hybridized carbons (Fsp3) is 0.556. The SMILES string of the molecule is CC.CC(C)=C(Cl)/C=C(/Cl)CCl. The predicted molar refractivity (Wildman–Crippen MR) is 60.2 cm³/mol. The van der Waals surface area contributed by atoms with Gasteiger partial charge in [-0.2, -0.15) is 0 Å². The first kappa shape index (κ1) is 14.9. The van der Waals surface area contributed by atoms with E-state index in [9.17, 15) is 0 Å². The zero-order chi connectivity index (χ0) is 10.1. The summed E-state index contributed by atoms with van der Waals surface area (Å²) < 4.78 is 0. The van der Waals surface area contributed by atoms with Crippen molar-refractivity contribution in [1.29, 1.82) is 0 Å². The number of alkyl halides is 1. The van der Waals surface area contributed by atoms with Crippen LogP contribution in [0.25, 0.3) is 0 Å². The van der Waals surface area contributed by atoms with Crippen LogP contribution in [0.2, 0.25) is 0 Å². The molecule has 12 heavy (non-hydrogen) atoms. The molecule has 0 spiro atoms. The average molecular weight is 230 g/mol. The maximum absolute atomic E-state index is 5.75. The van der Waals surface area contributed by atoms with Gasteiger partial charge in [-0.05, 0) is 19.9 Å². The van der Waals surface area contributed by atoms with Gasteiger partial charge in [0.05, 0.1) is 5.88 Å². The Bertz CT molecular complexity index is 165. The van der Waals surface area contributed by atoms with Crippen molar-refractivity contribution in [3.05, 3.63) is 21.7 Å². The molecule has 0 rings (SSSR count). The van der Waals surface area contributed by atoms with Crippen LogP contribution in [0, 0.1) is 0 Å². The van der Waals surface area contributed by atoms with Crippen molar-refractivity contribution in [2.75, 3.05) is 5.88 Å². The smallest absolute Gasteiger partial charge is 0.0582 e. The van der Waals surface area contributed by atoms with Crippen molar-refractivity contribution in [2.24, 2.45) is 0 Å². The van der Waals surface area contributed by atoms with E-state index in [1.165, 1.54) is 0 Å². The summed E-state index contributed by atoms with van der Waals surface area (Å²) in [6.45, 7) is 7.83. The lowest BCUT2D eigenvalue weighted by Crippen LogP contribution is -1.75. The van der Waals surface area contributed by atoms with Gasteiger partial charge in [0.1, 0.15) is 0 Å². The van der Waals surface area contributed by atoms with Gasteiger partial charge in [0, 0.05) is 10.1 Å². The molecular weight excluding hydrogens is 214 g/mol. The lowest BCUT2D eigenvalue weighted by molar-refractivity contribution is 1.37. The van der Waals surface area contributed by atoms with E-state index in [1.54, 1.807) is 6.08 Å². The van der Waals surface area contributed by atoms with Gasteiger partial charge in [-0.15, -0.1) is 11.6 Å². The summed E-state index contributed by atoms with van der Waals surface area (Å²) in [5.74, 6) is 0.311. The number of rotatable bonds is 2. The molecule has 0 aromatic rings. The Labute approximate surface area is 90.2 Å². The molecule has 0 aromatic heterocycles. The molecule has 0 unspecified atom stereocenters. The molecule has 0 heterocycles. The van der Waals surface area contributed by atoms with Crippen LogP contribution in [-0.2, 0) is 0 Å². The lowest BCUT2D eigenvalue weighted by atomic mass is 10.3. The molecule has 3 heteroatoms. The maximum Gasteiger partial charge on any atom is 0.0582 e. The highest BCUT2D eigenvalue weighted by molar-refractivity contribution is 6.38. The predicted octanol–water partition coefficient (Wildman–Crippen LogP) is 4.91. The zero-order valence-corrected chi connectivity index (χ0v) is 10.2. The summed E-state index contributed by atoms with van der Waals surface area (Å²) in [5, 5.41) is 1.22. The maximum atomic E-state index is 5.75. The molecule has 0 fully saturated rings. The summed E-state index contributed by atoms with van der Waals surface area (Å²) in [6.07, 6.45) is 1.66. The minimum Gasteiger partial charge on any atom is -0.121 e. The first-order valence-corrected chi connectivity index (χ1v) is 5.12. The summed E-state index contributed by atoms with van der Waals surface area (Å²) in [6, 6.07) is 0. The lowest BCUT2D eigenvalue weighted by Gasteiger charge is -1.93. The first-order chi connectivity index (χ1) is 5.57. The van der Waals surface area contributed by atoms with Crippen molar-refractivity contribution >= 4 is 34.8 Å². The normalized spacial score (nSPS) is 10.1. The third-order valence-electron chi connectivity index (χ3n) is 0.889. The third-order valence-corrected chi connectivity index (χ3v) is 2.04. The van der Waals surface area contributed by atoms with Crippen molar-refractivity contribution < 1.29 is 0 Å². The van der Waals surface area contributed by atoms with Crippen molar-refractivity contribution in [3.63, 3.8) is 0 Å². The number of allylic oxidation sites excluding steroid dienone is 4. The van der Waals surface area contributed by atoms with E-state index in [0.29, 0.717) is 15.9 Å². The van der Waals surface area contributed by atoms with Crippen molar-refractivity contribution in [3.8, 4) is 0 Å². The molecule has 0 aliphatic carbocycles. The monoisotopic (exact) mass is 228 g/mol. The Morgan fingerprint density at radius 2 is 1.58 bits per heavy atom. The molecule has 0 aliphatic rings. The molecule has 0 aromatic carbocycles. The van der Waals surface area contributed by atoms with Gasteiger partial charge in [-0.25, -0.2) is 0 Å². The third kappa shape index (κ3) is 8.45. The van der Waals surface area contributed by atoms with E-state index in [1.807, 2.05) is 27.7 Å². The van der Waals surface area contributed by atoms with Gasteiger partial charge >= 0.3 is 0 Å². The highest BCUT2D eigenvalue weighted by Gasteiger charge is 1.92. The van der Waals surface area contributed by atoms with Gasteiger partial charge in [-0.3, -0.25) is 0 Å². The largest absolute Gasteiger partial charge is 0.121 e. The van der Waals surface area contributed by atoms with Crippen molar-refractivity contribution in [1.82, 2.24) is 0 Å². The molecule has 72 valence electrons. The van der Waals surface area contributed by atoms with Crippen LogP contribution in [0.5, 0.6) is 0 Å². The highest BCUT2D eigenvalue weighted by atomic mass is 35.5. The first-order valence-electron chi connectivity index (χ1n) is 3.83. The van der Waals surface area contributed by atoms with Gasteiger partial charge in [0.2, 0.25) is 0 Å². The number of halogens is 3.